The monoisotopic (exact) mass is 628 g/mol. The van der Waals surface area contributed by atoms with Crippen LogP contribution in [0.5, 0.6) is 0 Å². The highest BCUT2D eigenvalue weighted by Crippen LogP contribution is 2.57. The van der Waals surface area contributed by atoms with E-state index >= 15 is 0 Å². The van der Waals surface area contributed by atoms with Gasteiger partial charge < -0.3 is 4.90 Å². The molecule has 2 aliphatic rings. The highest BCUT2D eigenvalue weighted by Gasteiger charge is 2.74. The van der Waals surface area contributed by atoms with Crippen molar-refractivity contribution >= 4 is 15.7 Å². The second-order valence-electron chi connectivity index (χ2n) is 10.4. The van der Waals surface area contributed by atoms with E-state index in [2.05, 4.69) is 0 Å². The SMILES string of the molecule is N#Cc1ccccc1CC(=O)N1CCC2(S(=O)(=O)c3ccc(F)cc3)c3ccc(C(F)(C(F)(F)F)C(F)(F)F)cc3CC12. The predicted molar refractivity (Wildman–Crippen MR) is 135 cm³/mol. The van der Waals surface area contributed by atoms with Crippen molar-refractivity contribution in [2.45, 2.75) is 53.0 Å². The molecule has 0 aromatic heterocycles. The molecule has 3 aromatic rings. The molecule has 1 fully saturated rings. The molecule has 3 aromatic carbocycles. The number of sulfone groups is 1. The zero-order chi connectivity index (χ0) is 31.6. The molecule has 1 saturated heterocycles. The van der Waals surface area contributed by atoms with Gasteiger partial charge in [-0.25, -0.2) is 17.2 Å². The number of nitriles is 1. The maximum atomic E-state index is 15.0. The van der Waals surface area contributed by atoms with E-state index in [0.717, 1.165) is 30.3 Å². The molecule has 1 heterocycles. The van der Waals surface area contributed by atoms with E-state index in [0.29, 0.717) is 11.6 Å². The van der Waals surface area contributed by atoms with Crippen molar-refractivity contribution in [3.8, 4) is 6.07 Å². The van der Waals surface area contributed by atoms with E-state index in [1.165, 1.54) is 17.0 Å². The first-order chi connectivity index (χ1) is 20.0. The molecule has 226 valence electrons. The molecule has 1 aliphatic carbocycles. The number of fused-ring (bicyclic) bond motifs is 3. The van der Waals surface area contributed by atoms with Gasteiger partial charge in [0.1, 0.15) is 10.6 Å². The van der Waals surface area contributed by atoms with Gasteiger partial charge in [0.2, 0.25) is 5.91 Å². The lowest BCUT2D eigenvalue weighted by Gasteiger charge is -2.33. The van der Waals surface area contributed by atoms with Crippen molar-refractivity contribution in [2.75, 3.05) is 6.54 Å². The van der Waals surface area contributed by atoms with Crippen LogP contribution >= 0.6 is 0 Å². The molecule has 0 N–H and O–H groups in total. The fourth-order valence-electron chi connectivity index (χ4n) is 6.16. The summed E-state index contributed by atoms with van der Waals surface area (Å²) in [4.78, 5) is 14.3. The van der Waals surface area contributed by atoms with E-state index < -0.39 is 62.4 Å². The van der Waals surface area contributed by atoms with Crippen LogP contribution in [0, 0.1) is 17.1 Å². The van der Waals surface area contributed by atoms with Gasteiger partial charge in [-0.3, -0.25) is 4.79 Å². The largest absolute Gasteiger partial charge is 0.435 e. The normalized spacial score (nSPS) is 20.4. The van der Waals surface area contributed by atoms with Gasteiger partial charge >= 0.3 is 18.0 Å². The number of nitrogens with zero attached hydrogens (tertiary/aromatic N) is 2. The van der Waals surface area contributed by atoms with Crippen LogP contribution in [0.25, 0.3) is 0 Å². The minimum atomic E-state index is -6.39. The maximum absolute atomic E-state index is 15.0. The molecule has 1 amide bonds. The van der Waals surface area contributed by atoms with E-state index in [4.69, 9.17) is 0 Å². The fourth-order valence-corrected chi connectivity index (χ4v) is 8.50. The highest BCUT2D eigenvalue weighted by molar-refractivity contribution is 7.92. The molecule has 5 rings (SSSR count). The van der Waals surface area contributed by atoms with Gasteiger partial charge in [0, 0.05) is 12.1 Å². The molecular formula is C29H20F8N2O3S. The second kappa shape index (κ2) is 10.0. The molecule has 5 nitrogen and oxygen atoms in total. The number of carbonyl (C=O) groups is 1. The van der Waals surface area contributed by atoms with Gasteiger partial charge in [-0.2, -0.15) is 31.6 Å². The third kappa shape index (κ3) is 4.47. The van der Waals surface area contributed by atoms with Crippen molar-refractivity contribution in [1.82, 2.24) is 4.90 Å². The van der Waals surface area contributed by atoms with E-state index in [-0.39, 0.29) is 47.0 Å². The first-order valence-corrected chi connectivity index (χ1v) is 14.2. The maximum Gasteiger partial charge on any atom is 0.435 e. The van der Waals surface area contributed by atoms with Crippen molar-refractivity contribution in [3.63, 3.8) is 0 Å². The second-order valence-corrected chi connectivity index (χ2v) is 12.6. The number of carbonyl (C=O) groups excluding carboxylic acids is 1. The molecule has 2 unspecified atom stereocenters. The molecule has 2 atom stereocenters. The van der Waals surface area contributed by atoms with E-state index in [9.17, 15) is 53.6 Å². The summed E-state index contributed by atoms with van der Waals surface area (Å²) in [6.07, 6.45) is -13.9. The fraction of sp³-hybridized carbons (Fsp3) is 0.310. The first-order valence-electron chi connectivity index (χ1n) is 12.7. The molecule has 0 saturated carbocycles. The number of hydrogen-bond acceptors (Lipinski definition) is 4. The van der Waals surface area contributed by atoms with Crippen LogP contribution in [0.2, 0.25) is 0 Å². The zero-order valence-corrected chi connectivity index (χ0v) is 22.6. The Kier molecular flexibility index (Phi) is 7.11. The number of benzene rings is 3. The molecule has 43 heavy (non-hydrogen) atoms. The van der Waals surface area contributed by atoms with Crippen molar-refractivity contribution in [1.29, 1.82) is 5.26 Å². The van der Waals surface area contributed by atoms with Gasteiger partial charge in [-0.1, -0.05) is 36.4 Å². The molecule has 1 aliphatic heterocycles. The minimum absolute atomic E-state index is 0.155. The van der Waals surface area contributed by atoms with E-state index in [1.54, 1.807) is 12.1 Å². The number of rotatable bonds is 5. The summed E-state index contributed by atoms with van der Waals surface area (Å²) in [7, 11) is -4.58. The van der Waals surface area contributed by atoms with Gasteiger partial charge in [0.15, 0.2) is 9.84 Å². The molecule has 14 heteroatoms. The third-order valence-electron chi connectivity index (χ3n) is 8.20. The van der Waals surface area contributed by atoms with E-state index in [1.807, 2.05) is 6.07 Å². The topological polar surface area (TPSA) is 78.2 Å². The Morgan fingerprint density at radius 1 is 0.953 bits per heavy atom. The van der Waals surface area contributed by atoms with Crippen LogP contribution in [-0.2, 0) is 37.9 Å². The summed E-state index contributed by atoms with van der Waals surface area (Å²) in [5.41, 5.74) is -7.50. The lowest BCUT2D eigenvalue weighted by Crippen LogP contribution is -2.50. The molecule has 0 bridgehead atoms. The highest BCUT2D eigenvalue weighted by atomic mass is 32.2. The standard InChI is InChI=1S/C29H20F8N2O3S/c30-21-6-8-22(9-7-21)43(41,42)26-11-12-39(25(40)15-17-3-1-2-4-18(17)16-38)24(26)14-19-13-20(5-10-23(19)26)27(31,28(32,33)34)29(35,36)37/h1-10,13,24H,11-12,14-15H2. The van der Waals surface area contributed by atoms with Crippen LogP contribution < -0.4 is 0 Å². The van der Waals surface area contributed by atoms with Crippen LogP contribution in [0.15, 0.2) is 71.6 Å². The number of likely N-dealkylation sites (tertiary alicyclic amines) is 1. The van der Waals surface area contributed by atoms with Gasteiger partial charge in [0.25, 0.3) is 0 Å². The number of hydrogen-bond donors (Lipinski definition) is 0. The zero-order valence-electron chi connectivity index (χ0n) is 21.8. The van der Waals surface area contributed by atoms with Crippen LogP contribution in [0.1, 0.15) is 34.2 Å². The molecular weight excluding hydrogens is 608 g/mol. The van der Waals surface area contributed by atoms with Crippen molar-refractivity contribution in [3.05, 3.63) is 100 Å². The summed E-state index contributed by atoms with van der Waals surface area (Å²) in [6, 6.07) is 11.8. The Morgan fingerprint density at radius 3 is 2.19 bits per heavy atom. The van der Waals surface area contributed by atoms with Crippen molar-refractivity contribution < 1.29 is 48.3 Å². The Bertz CT molecular complexity index is 1730. The number of alkyl halides is 7. The van der Waals surface area contributed by atoms with Gasteiger partial charge in [0.05, 0.1) is 29.0 Å². The molecule has 0 spiro atoms. The summed E-state index contributed by atoms with van der Waals surface area (Å²) < 4.78 is 136. The van der Waals surface area contributed by atoms with Gasteiger partial charge in [-0.05, 0) is 59.9 Å². The summed E-state index contributed by atoms with van der Waals surface area (Å²) >= 11 is 0. The smallest absolute Gasteiger partial charge is 0.337 e. The predicted octanol–water partition coefficient (Wildman–Crippen LogP) is 6.06. The quantitative estimate of drug-likeness (QED) is 0.255. The van der Waals surface area contributed by atoms with Crippen molar-refractivity contribution in [2.24, 2.45) is 0 Å². The van der Waals surface area contributed by atoms with Crippen LogP contribution in [-0.4, -0.2) is 44.2 Å². The summed E-state index contributed by atoms with van der Waals surface area (Å²) in [5, 5.41) is 9.39. The lowest BCUT2D eigenvalue weighted by atomic mass is 9.90. The molecule has 0 radical (unpaired) electrons. The number of amides is 1. The van der Waals surface area contributed by atoms with Crippen LogP contribution in [0.3, 0.4) is 0 Å². The summed E-state index contributed by atoms with van der Waals surface area (Å²) in [6.45, 7) is -0.155. The summed E-state index contributed by atoms with van der Waals surface area (Å²) in [5.74, 6) is -1.40. The Labute approximate surface area is 240 Å². The van der Waals surface area contributed by atoms with Gasteiger partial charge in [-0.15, -0.1) is 0 Å². The Hall–Kier alpha value is -3.99. The third-order valence-corrected chi connectivity index (χ3v) is 10.7. The number of halogens is 8. The Balaban J connectivity index is 1.66. The minimum Gasteiger partial charge on any atom is -0.337 e. The lowest BCUT2D eigenvalue weighted by molar-refractivity contribution is -0.348. The average molecular weight is 629 g/mol. The average Bonchev–Trinajstić information content (AvgIpc) is 3.47. The first kappa shape index (κ1) is 30.5. The van der Waals surface area contributed by atoms with Crippen LogP contribution in [0.4, 0.5) is 35.1 Å². The Morgan fingerprint density at radius 2 is 1.58 bits per heavy atom.